The smallest absolute Gasteiger partial charge is 0.188 e. The third-order valence-corrected chi connectivity index (χ3v) is 3.98. The average Bonchev–Trinajstić information content (AvgIpc) is 2.96. The summed E-state index contributed by atoms with van der Waals surface area (Å²) in [6, 6.07) is 7.95. The number of fused-ring (bicyclic) bond motifs is 1. The summed E-state index contributed by atoms with van der Waals surface area (Å²) in [5.41, 5.74) is 2.08. The summed E-state index contributed by atoms with van der Waals surface area (Å²) < 4.78 is 6.32. The standard InChI is InChI=1S/C12H10N2OS2/c1-15-9-2-3-10-11(6-9)17-12(14-10)13-8-4-5-16-7-8/h2-7H,1H3,(H,13,14). The van der Waals surface area contributed by atoms with Crippen molar-refractivity contribution in [3.05, 3.63) is 35.0 Å². The number of thiazole rings is 1. The maximum absolute atomic E-state index is 5.20. The first-order chi connectivity index (χ1) is 8.35. The van der Waals surface area contributed by atoms with Gasteiger partial charge in [-0.2, -0.15) is 11.3 Å². The molecule has 1 aromatic carbocycles. The first-order valence-electron chi connectivity index (χ1n) is 5.09. The van der Waals surface area contributed by atoms with E-state index in [1.165, 1.54) is 0 Å². The van der Waals surface area contributed by atoms with Gasteiger partial charge in [-0.25, -0.2) is 4.98 Å². The second-order valence-corrected chi connectivity index (χ2v) is 5.30. The summed E-state index contributed by atoms with van der Waals surface area (Å²) in [6.07, 6.45) is 0. The molecule has 0 radical (unpaired) electrons. The fourth-order valence-electron chi connectivity index (χ4n) is 1.54. The Labute approximate surface area is 107 Å². The number of methoxy groups -OCH3 is 1. The van der Waals surface area contributed by atoms with E-state index in [0.717, 1.165) is 26.8 Å². The van der Waals surface area contributed by atoms with E-state index in [9.17, 15) is 0 Å². The molecule has 0 fully saturated rings. The van der Waals surface area contributed by atoms with Gasteiger partial charge in [0.2, 0.25) is 0 Å². The van der Waals surface area contributed by atoms with Crippen LogP contribution >= 0.6 is 22.7 Å². The number of rotatable bonds is 3. The summed E-state index contributed by atoms with van der Waals surface area (Å²) in [6.45, 7) is 0. The van der Waals surface area contributed by atoms with Gasteiger partial charge in [-0.05, 0) is 29.6 Å². The first-order valence-corrected chi connectivity index (χ1v) is 6.85. The van der Waals surface area contributed by atoms with Gasteiger partial charge >= 0.3 is 0 Å². The summed E-state index contributed by atoms with van der Waals surface area (Å²) in [7, 11) is 1.67. The van der Waals surface area contributed by atoms with Gasteiger partial charge in [0, 0.05) is 5.38 Å². The predicted octanol–water partition coefficient (Wildman–Crippen LogP) is 4.11. The Bertz CT molecular complexity index is 631. The third-order valence-electron chi connectivity index (χ3n) is 2.37. The molecular weight excluding hydrogens is 252 g/mol. The molecule has 2 heterocycles. The normalized spacial score (nSPS) is 10.6. The number of thiophene rings is 1. The van der Waals surface area contributed by atoms with Crippen molar-refractivity contribution in [1.82, 2.24) is 4.98 Å². The average molecular weight is 262 g/mol. The van der Waals surface area contributed by atoms with Crippen LogP contribution in [-0.2, 0) is 0 Å². The maximum Gasteiger partial charge on any atom is 0.188 e. The molecule has 0 spiro atoms. The van der Waals surface area contributed by atoms with E-state index in [0.29, 0.717) is 0 Å². The molecule has 2 aromatic heterocycles. The van der Waals surface area contributed by atoms with Crippen LogP contribution in [0.1, 0.15) is 0 Å². The largest absolute Gasteiger partial charge is 0.497 e. The van der Waals surface area contributed by atoms with Gasteiger partial charge in [0.15, 0.2) is 5.13 Å². The van der Waals surface area contributed by atoms with Crippen LogP contribution in [0, 0.1) is 0 Å². The maximum atomic E-state index is 5.20. The molecule has 0 unspecified atom stereocenters. The minimum Gasteiger partial charge on any atom is -0.497 e. The molecular formula is C12H10N2OS2. The van der Waals surface area contributed by atoms with Crippen molar-refractivity contribution < 1.29 is 4.74 Å². The van der Waals surface area contributed by atoms with Crippen LogP contribution in [0.25, 0.3) is 10.2 Å². The molecule has 0 aliphatic rings. The Morgan fingerprint density at radius 3 is 3.00 bits per heavy atom. The summed E-state index contributed by atoms with van der Waals surface area (Å²) in [4.78, 5) is 4.52. The van der Waals surface area contributed by atoms with Crippen LogP contribution in [0.3, 0.4) is 0 Å². The predicted molar refractivity (Wildman–Crippen MR) is 73.8 cm³/mol. The van der Waals surface area contributed by atoms with Crippen LogP contribution in [-0.4, -0.2) is 12.1 Å². The topological polar surface area (TPSA) is 34.1 Å². The molecule has 0 amide bonds. The molecule has 0 aliphatic carbocycles. The number of ether oxygens (including phenoxy) is 1. The highest BCUT2D eigenvalue weighted by Crippen LogP contribution is 2.31. The monoisotopic (exact) mass is 262 g/mol. The number of hydrogen-bond donors (Lipinski definition) is 1. The fourth-order valence-corrected chi connectivity index (χ4v) is 3.05. The lowest BCUT2D eigenvalue weighted by molar-refractivity contribution is 0.415. The number of hydrogen-bond acceptors (Lipinski definition) is 5. The van der Waals surface area contributed by atoms with E-state index in [-0.39, 0.29) is 0 Å². The van der Waals surface area contributed by atoms with E-state index >= 15 is 0 Å². The van der Waals surface area contributed by atoms with E-state index in [1.807, 2.05) is 29.6 Å². The molecule has 3 rings (SSSR count). The Hall–Kier alpha value is -1.59. The summed E-state index contributed by atoms with van der Waals surface area (Å²) in [5.74, 6) is 0.864. The van der Waals surface area contributed by atoms with Gasteiger partial charge in [-0.15, -0.1) is 0 Å². The number of nitrogens with one attached hydrogen (secondary N) is 1. The van der Waals surface area contributed by atoms with Crippen LogP contribution in [0.15, 0.2) is 35.0 Å². The summed E-state index contributed by atoms with van der Waals surface area (Å²) in [5, 5.41) is 8.30. The van der Waals surface area contributed by atoms with Gasteiger partial charge < -0.3 is 10.1 Å². The zero-order valence-corrected chi connectivity index (χ0v) is 10.8. The lowest BCUT2D eigenvalue weighted by Gasteiger charge is -1.96. The van der Waals surface area contributed by atoms with Crippen LogP contribution in [0.4, 0.5) is 10.8 Å². The van der Waals surface area contributed by atoms with Crippen molar-refractivity contribution in [2.45, 2.75) is 0 Å². The quantitative estimate of drug-likeness (QED) is 0.771. The van der Waals surface area contributed by atoms with Gasteiger partial charge in [-0.1, -0.05) is 11.3 Å². The molecule has 0 saturated heterocycles. The molecule has 0 bridgehead atoms. The minimum atomic E-state index is 0.864. The van der Waals surface area contributed by atoms with E-state index in [2.05, 4.69) is 15.7 Å². The minimum absolute atomic E-state index is 0.864. The van der Waals surface area contributed by atoms with E-state index in [4.69, 9.17) is 4.74 Å². The van der Waals surface area contributed by atoms with Crippen molar-refractivity contribution in [2.75, 3.05) is 12.4 Å². The van der Waals surface area contributed by atoms with Gasteiger partial charge in [-0.3, -0.25) is 0 Å². The molecule has 86 valence electrons. The van der Waals surface area contributed by atoms with E-state index < -0.39 is 0 Å². The molecule has 1 N–H and O–H groups in total. The highest BCUT2D eigenvalue weighted by molar-refractivity contribution is 7.22. The molecule has 0 atom stereocenters. The summed E-state index contributed by atoms with van der Waals surface area (Å²) >= 11 is 3.29. The molecule has 3 aromatic rings. The van der Waals surface area contributed by atoms with Crippen molar-refractivity contribution in [1.29, 1.82) is 0 Å². The third kappa shape index (κ3) is 2.11. The van der Waals surface area contributed by atoms with E-state index in [1.54, 1.807) is 29.8 Å². The highest BCUT2D eigenvalue weighted by Gasteiger charge is 2.05. The zero-order valence-electron chi connectivity index (χ0n) is 9.14. The number of anilines is 2. The Morgan fingerprint density at radius 1 is 1.29 bits per heavy atom. The van der Waals surface area contributed by atoms with Crippen molar-refractivity contribution in [3.63, 3.8) is 0 Å². The van der Waals surface area contributed by atoms with Crippen LogP contribution in [0.5, 0.6) is 5.75 Å². The lowest BCUT2D eigenvalue weighted by Crippen LogP contribution is -1.85. The lowest BCUT2D eigenvalue weighted by atomic mass is 10.3. The second kappa shape index (κ2) is 4.35. The van der Waals surface area contributed by atoms with Crippen molar-refractivity contribution in [2.24, 2.45) is 0 Å². The van der Waals surface area contributed by atoms with Crippen LogP contribution < -0.4 is 10.1 Å². The number of aromatic nitrogens is 1. The van der Waals surface area contributed by atoms with Gasteiger partial charge in [0.1, 0.15) is 5.75 Å². The Kier molecular flexibility index (Phi) is 2.70. The molecule has 0 saturated carbocycles. The van der Waals surface area contributed by atoms with Gasteiger partial charge in [0.05, 0.1) is 23.0 Å². The zero-order chi connectivity index (χ0) is 11.7. The Morgan fingerprint density at radius 2 is 2.24 bits per heavy atom. The first kappa shape index (κ1) is 10.6. The van der Waals surface area contributed by atoms with Crippen molar-refractivity contribution >= 4 is 43.7 Å². The molecule has 5 heteroatoms. The molecule has 3 nitrogen and oxygen atoms in total. The Balaban J connectivity index is 1.96. The second-order valence-electron chi connectivity index (χ2n) is 3.49. The molecule has 0 aliphatic heterocycles. The SMILES string of the molecule is COc1ccc2nc(Nc3ccsc3)sc2c1. The van der Waals surface area contributed by atoms with Crippen molar-refractivity contribution in [3.8, 4) is 5.75 Å². The van der Waals surface area contributed by atoms with Gasteiger partial charge in [0.25, 0.3) is 0 Å². The fraction of sp³-hybridized carbons (Fsp3) is 0.0833. The number of nitrogens with zero attached hydrogens (tertiary/aromatic N) is 1. The number of benzene rings is 1. The van der Waals surface area contributed by atoms with Crippen LogP contribution in [0.2, 0.25) is 0 Å². The highest BCUT2D eigenvalue weighted by atomic mass is 32.1. The molecule has 17 heavy (non-hydrogen) atoms.